The monoisotopic (exact) mass is 261 g/mol. The molecule has 0 aromatic heterocycles. The van der Waals surface area contributed by atoms with Crippen molar-refractivity contribution in [2.75, 3.05) is 5.73 Å². The fourth-order valence-electron chi connectivity index (χ4n) is 1.90. The maximum absolute atomic E-state index is 13.1. The van der Waals surface area contributed by atoms with Gasteiger partial charge in [-0.05, 0) is 41.8 Å². The van der Waals surface area contributed by atoms with Crippen LogP contribution in [0.3, 0.4) is 0 Å². The third-order valence-corrected chi connectivity index (χ3v) is 2.74. The minimum Gasteiger partial charge on any atom is -0.398 e. The fraction of sp³-hybridized carbons (Fsp3) is 0.0714. The van der Waals surface area contributed by atoms with Crippen molar-refractivity contribution < 1.29 is 8.78 Å². The maximum atomic E-state index is 13.1. The lowest BCUT2D eigenvalue weighted by Gasteiger charge is -2.08. The van der Waals surface area contributed by atoms with Crippen LogP contribution in [0, 0.1) is 17.0 Å². The molecule has 0 spiro atoms. The van der Waals surface area contributed by atoms with E-state index < -0.39 is 11.6 Å². The van der Waals surface area contributed by atoms with E-state index in [0.717, 1.165) is 11.6 Å². The van der Waals surface area contributed by atoms with Gasteiger partial charge in [0.1, 0.15) is 17.5 Å². The average Bonchev–Trinajstić information content (AvgIpc) is 2.30. The Morgan fingerprint density at radius 2 is 1.63 bits per heavy atom. The van der Waals surface area contributed by atoms with Gasteiger partial charge in [0.2, 0.25) is 0 Å². The summed E-state index contributed by atoms with van der Waals surface area (Å²) in [5, 5.41) is 7.40. The van der Waals surface area contributed by atoms with Crippen LogP contribution in [-0.2, 0) is 6.42 Å². The maximum Gasteiger partial charge on any atom is 0.126 e. The highest BCUT2D eigenvalue weighted by Crippen LogP contribution is 2.18. The van der Waals surface area contributed by atoms with E-state index in [1.54, 1.807) is 18.2 Å². The molecule has 0 bridgehead atoms. The lowest BCUT2D eigenvalue weighted by atomic mass is 10.0. The molecule has 0 heterocycles. The van der Waals surface area contributed by atoms with Gasteiger partial charge in [0.25, 0.3) is 0 Å². The predicted molar refractivity (Wildman–Crippen MR) is 71.0 cm³/mol. The van der Waals surface area contributed by atoms with E-state index in [2.05, 4.69) is 0 Å². The van der Waals surface area contributed by atoms with Crippen LogP contribution in [0.2, 0.25) is 0 Å². The molecule has 2 aromatic rings. The second-order valence-electron chi connectivity index (χ2n) is 4.29. The van der Waals surface area contributed by atoms with Gasteiger partial charge in [0.05, 0.1) is 0 Å². The Morgan fingerprint density at radius 1 is 1.00 bits per heavy atom. The number of nitrogen functional groups attached to an aromatic ring is 2. The molecule has 5 N–H and O–H groups in total. The highest BCUT2D eigenvalue weighted by atomic mass is 19.1. The minimum absolute atomic E-state index is 0.134. The van der Waals surface area contributed by atoms with E-state index >= 15 is 0 Å². The number of rotatable bonds is 3. The van der Waals surface area contributed by atoms with Crippen molar-refractivity contribution in [3.05, 3.63) is 64.7 Å². The molecule has 0 atom stereocenters. The predicted octanol–water partition coefficient (Wildman–Crippen LogP) is 2.42. The number of nitrogens with one attached hydrogen (secondary N) is 1. The molecule has 2 rings (SSSR count). The first-order valence-electron chi connectivity index (χ1n) is 5.63. The molecule has 0 saturated heterocycles. The van der Waals surface area contributed by atoms with Crippen LogP contribution in [0.25, 0.3) is 0 Å². The van der Waals surface area contributed by atoms with Crippen molar-refractivity contribution in [2.45, 2.75) is 6.42 Å². The van der Waals surface area contributed by atoms with E-state index in [0.29, 0.717) is 23.2 Å². The number of benzene rings is 2. The summed E-state index contributed by atoms with van der Waals surface area (Å²) in [6, 6.07) is 8.39. The molecule has 0 radical (unpaired) electrons. The van der Waals surface area contributed by atoms with E-state index in [-0.39, 0.29) is 5.84 Å². The summed E-state index contributed by atoms with van der Waals surface area (Å²) in [5.74, 6) is -1.36. The first kappa shape index (κ1) is 13.0. The quantitative estimate of drug-likeness (QED) is 0.451. The minimum atomic E-state index is -0.614. The normalized spacial score (nSPS) is 10.4. The van der Waals surface area contributed by atoms with Crippen molar-refractivity contribution in [2.24, 2.45) is 5.73 Å². The van der Waals surface area contributed by atoms with Crippen molar-refractivity contribution in [3.63, 3.8) is 0 Å². The number of halogens is 2. The zero-order chi connectivity index (χ0) is 14.0. The van der Waals surface area contributed by atoms with Crippen LogP contribution in [0.4, 0.5) is 14.5 Å². The third-order valence-electron chi connectivity index (χ3n) is 2.74. The van der Waals surface area contributed by atoms with Crippen LogP contribution in [0.15, 0.2) is 36.4 Å². The molecule has 0 amide bonds. The van der Waals surface area contributed by atoms with Gasteiger partial charge >= 0.3 is 0 Å². The van der Waals surface area contributed by atoms with Gasteiger partial charge in [-0.2, -0.15) is 0 Å². The Hall–Kier alpha value is -2.43. The summed E-state index contributed by atoms with van der Waals surface area (Å²) in [4.78, 5) is 0. The summed E-state index contributed by atoms with van der Waals surface area (Å²) >= 11 is 0. The number of nitrogens with two attached hydrogens (primary N) is 2. The molecular formula is C14H13F2N3. The number of anilines is 1. The van der Waals surface area contributed by atoms with E-state index in [1.807, 2.05) is 0 Å². The molecule has 19 heavy (non-hydrogen) atoms. The second-order valence-corrected chi connectivity index (χ2v) is 4.29. The number of amidine groups is 1. The van der Waals surface area contributed by atoms with Crippen LogP contribution < -0.4 is 11.5 Å². The molecule has 2 aromatic carbocycles. The molecule has 0 aliphatic rings. The first-order valence-corrected chi connectivity index (χ1v) is 5.63. The fourth-order valence-corrected chi connectivity index (χ4v) is 1.90. The summed E-state index contributed by atoms with van der Waals surface area (Å²) in [5.41, 5.74) is 13.2. The lowest BCUT2D eigenvalue weighted by molar-refractivity contribution is 0.580. The van der Waals surface area contributed by atoms with Crippen molar-refractivity contribution >= 4 is 11.5 Å². The molecule has 0 aliphatic carbocycles. The first-order chi connectivity index (χ1) is 8.95. The highest BCUT2D eigenvalue weighted by molar-refractivity contribution is 5.99. The molecule has 0 aliphatic heterocycles. The number of hydrogen-bond acceptors (Lipinski definition) is 2. The summed E-state index contributed by atoms with van der Waals surface area (Å²) in [7, 11) is 0. The second kappa shape index (κ2) is 5.06. The topological polar surface area (TPSA) is 75.9 Å². The highest BCUT2D eigenvalue weighted by Gasteiger charge is 2.06. The lowest BCUT2D eigenvalue weighted by Crippen LogP contribution is -2.14. The molecular weight excluding hydrogens is 248 g/mol. The Morgan fingerprint density at radius 3 is 2.21 bits per heavy atom. The Kier molecular flexibility index (Phi) is 3.46. The molecule has 98 valence electrons. The largest absolute Gasteiger partial charge is 0.398 e. The van der Waals surface area contributed by atoms with Gasteiger partial charge in [0.15, 0.2) is 0 Å². The Bertz CT molecular complexity index is 618. The van der Waals surface area contributed by atoms with Crippen LogP contribution >= 0.6 is 0 Å². The van der Waals surface area contributed by atoms with E-state index in [1.165, 1.54) is 12.1 Å². The SMILES string of the molecule is N=C(N)c1cc(Cc2cc(F)cc(F)c2)ccc1N. The van der Waals surface area contributed by atoms with Gasteiger partial charge in [0, 0.05) is 17.3 Å². The van der Waals surface area contributed by atoms with Crippen molar-refractivity contribution in [1.82, 2.24) is 0 Å². The van der Waals surface area contributed by atoms with Gasteiger partial charge in [-0.15, -0.1) is 0 Å². The Labute approximate surface area is 109 Å². The summed E-state index contributed by atoms with van der Waals surface area (Å²) in [6.45, 7) is 0. The van der Waals surface area contributed by atoms with Crippen molar-refractivity contribution in [3.8, 4) is 0 Å². The van der Waals surface area contributed by atoms with Gasteiger partial charge < -0.3 is 11.5 Å². The standard InChI is InChI=1S/C14H13F2N3/c15-10-4-9(5-11(16)7-10)3-8-1-2-13(17)12(6-8)14(18)19/h1-2,4-7H,3,17H2,(H3,18,19). The molecule has 0 unspecified atom stereocenters. The van der Waals surface area contributed by atoms with Gasteiger partial charge in [-0.1, -0.05) is 6.07 Å². The zero-order valence-corrected chi connectivity index (χ0v) is 10.1. The Balaban J connectivity index is 2.33. The van der Waals surface area contributed by atoms with E-state index in [4.69, 9.17) is 16.9 Å². The molecule has 0 fully saturated rings. The van der Waals surface area contributed by atoms with Crippen LogP contribution in [0.1, 0.15) is 16.7 Å². The molecule has 5 heteroatoms. The number of hydrogen-bond donors (Lipinski definition) is 3. The van der Waals surface area contributed by atoms with Crippen LogP contribution in [0.5, 0.6) is 0 Å². The smallest absolute Gasteiger partial charge is 0.126 e. The third kappa shape index (κ3) is 3.07. The van der Waals surface area contributed by atoms with Gasteiger partial charge in [-0.3, -0.25) is 5.41 Å². The molecule has 3 nitrogen and oxygen atoms in total. The summed E-state index contributed by atoms with van der Waals surface area (Å²) < 4.78 is 26.2. The van der Waals surface area contributed by atoms with Crippen LogP contribution in [-0.4, -0.2) is 5.84 Å². The van der Waals surface area contributed by atoms with Crippen molar-refractivity contribution in [1.29, 1.82) is 5.41 Å². The average molecular weight is 261 g/mol. The van der Waals surface area contributed by atoms with E-state index in [9.17, 15) is 8.78 Å². The zero-order valence-electron chi connectivity index (χ0n) is 10.1. The molecule has 0 saturated carbocycles. The summed E-state index contributed by atoms with van der Waals surface area (Å²) in [6.07, 6.45) is 0.342. The van der Waals surface area contributed by atoms with Gasteiger partial charge in [-0.25, -0.2) is 8.78 Å².